The van der Waals surface area contributed by atoms with Crippen LogP contribution >= 0.6 is 0 Å². The van der Waals surface area contributed by atoms with E-state index < -0.39 is 0 Å². The van der Waals surface area contributed by atoms with E-state index in [4.69, 9.17) is 4.42 Å². The van der Waals surface area contributed by atoms with Crippen molar-refractivity contribution in [3.63, 3.8) is 0 Å². The molecule has 0 saturated heterocycles. The number of aromatic nitrogens is 4. The third-order valence-corrected chi connectivity index (χ3v) is 1.15. The second kappa shape index (κ2) is 2.45. The maximum Gasteiger partial charge on any atom is 0.184 e. The van der Waals surface area contributed by atoms with Gasteiger partial charge in [-0.15, -0.1) is 0 Å². The summed E-state index contributed by atoms with van der Waals surface area (Å²) < 4.78 is 4.76. The van der Waals surface area contributed by atoms with E-state index in [9.17, 15) is 0 Å². The van der Waals surface area contributed by atoms with E-state index in [2.05, 4.69) is 19.9 Å². The molecule has 0 aliphatic heterocycles. The van der Waals surface area contributed by atoms with Crippen LogP contribution in [-0.2, 0) is 0 Å². The molecule has 0 aliphatic carbocycles. The third-order valence-electron chi connectivity index (χ3n) is 1.15. The summed E-state index contributed by atoms with van der Waals surface area (Å²) >= 11 is 0. The van der Waals surface area contributed by atoms with Gasteiger partial charge in [0.2, 0.25) is 0 Å². The largest absolute Gasteiger partial charge is 0.451 e. The molecule has 2 rings (SSSR count). The van der Waals surface area contributed by atoms with Gasteiger partial charge in [-0.05, 0) is 0 Å². The number of oxazole rings is 1. The predicted molar refractivity (Wildman–Crippen MR) is 35.3 cm³/mol. The molecule has 0 aliphatic rings. The lowest BCUT2D eigenvalue weighted by atomic mass is 10.5. The Hall–Kier alpha value is -1.78. The molecule has 0 fully saturated rings. The van der Waals surface area contributed by atoms with Gasteiger partial charge in [0.15, 0.2) is 12.2 Å². The molecule has 0 N–H and O–H groups in total. The van der Waals surface area contributed by atoms with E-state index in [-0.39, 0.29) is 0 Å². The van der Waals surface area contributed by atoms with Gasteiger partial charge in [-0.1, -0.05) is 0 Å². The minimum Gasteiger partial charge on any atom is -0.451 e. The summed E-state index contributed by atoms with van der Waals surface area (Å²) in [7, 11) is 0. The Labute approximate surface area is 62.2 Å². The molecule has 5 heteroatoms. The van der Waals surface area contributed by atoms with Gasteiger partial charge in [0.25, 0.3) is 0 Å². The molecule has 0 spiro atoms. The van der Waals surface area contributed by atoms with Gasteiger partial charge in [0.05, 0.1) is 0 Å². The van der Waals surface area contributed by atoms with Crippen molar-refractivity contribution in [3.05, 3.63) is 25.3 Å². The minimum atomic E-state index is 0.522. The molecule has 0 radical (unpaired) electrons. The SMILES string of the molecule is c1ncnc(-c2cocn2)n1. The van der Waals surface area contributed by atoms with E-state index in [1.165, 1.54) is 25.3 Å². The summed E-state index contributed by atoms with van der Waals surface area (Å²) in [5, 5.41) is 0. The summed E-state index contributed by atoms with van der Waals surface area (Å²) in [6, 6.07) is 0. The van der Waals surface area contributed by atoms with Crippen LogP contribution in [0.15, 0.2) is 29.7 Å². The highest BCUT2D eigenvalue weighted by molar-refractivity contribution is 5.44. The number of nitrogens with zero attached hydrogens (tertiary/aromatic N) is 4. The lowest BCUT2D eigenvalue weighted by Crippen LogP contribution is -1.87. The first-order chi connectivity index (χ1) is 5.47. The Balaban J connectivity index is 2.46. The van der Waals surface area contributed by atoms with Gasteiger partial charge in [-0.25, -0.2) is 19.9 Å². The highest BCUT2D eigenvalue weighted by Gasteiger charge is 2.00. The van der Waals surface area contributed by atoms with Gasteiger partial charge in [0, 0.05) is 0 Å². The van der Waals surface area contributed by atoms with Crippen molar-refractivity contribution < 1.29 is 4.42 Å². The smallest absolute Gasteiger partial charge is 0.184 e. The van der Waals surface area contributed by atoms with Crippen molar-refractivity contribution in [2.45, 2.75) is 0 Å². The van der Waals surface area contributed by atoms with Gasteiger partial charge in [-0.2, -0.15) is 0 Å². The molecule has 5 nitrogen and oxygen atoms in total. The van der Waals surface area contributed by atoms with Gasteiger partial charge >= 0.3 is 0 Å². The maximum atomic E-state index is 4.76. The van der Waals surface area contributed by atoms with Crippen LogP contribution in [0.2, 0.25) is 0 Å². The molecule has 0 saturated carbocycles. The molecule has 2 heterocycles. The minimum absolute atomic E-state index is 0.522. The number of rotatable bonds is 1. The van der Waals surface area contributed by atoms with Gasteiger partial charge in [0.1, 0.15) is 24.6 Å². The zero-order valence-electron chi connectivity index (χ0n) is 5.51. The molecule has 0 amide bonds. The van der Waals surface area contributed by atoms with Crippen LogP contribution in [0.1, 0.15) is 0 Å². The molecule has 0 bridgehead atoms. The highest BCUT2D eigenvalue weighted by Crippen LogP contribution is 2.07. The Morgan fingerprint density at radius 2 is 1.91 bits per heavy atom. The molecule has 2 aromatic heterocycles. The average Bonchev–Trinajstić information content (AvgIpc) is 2.58. The van der Waals surface area contributed by atoms with Crippen molar-refractivity contribution in [2.75, 3.05) is 0 Å². The Kier molecular flexibility index (Phi) is 1.33. The molecule has 0 aromatic carbocycles. The Morgan fingerprint density at radius 3 is 2.55 bits per heavy atom. The molecule has 0 atom stereocenters. The number of hydrogen-bond acceptors (Lipinski definition) is 5. The summed E-state index contributed by atoms with van der Waals surface area (Å²) in [5.41, 5.74) is 0.618. The fourth-order valence-corrected chi connectivity index (χ4v) is 0.694. The predicted octanol–water partition coefficient (Wildman–Crippen LogP) is 0.527. The molecule has 0 unspecified atom stereocenters. The van der Waals surface area contributed by atoms with Crippen molar-refractivity contribution in [1.82, 2.24) is 19.9 Å². The average molecular weight is 148 g/mol. The first-order valence-electron chi connectivity index (χ1n) is 2.97. The van der Waals surface area contributed by atoms with Gasteiger partial charge in [-0.3, -0.25) is 0 Å². The van der Waals surface area contributed by atoms with Crippen molar-refractivity contribution in [3.8, 4) is 11.5 Å². The standard InChI is InChI=1S/C6H4N4O/c1-5(10-4-11-1)6-8-2-7-3-9-6/h1-4H. The van der Waals surface area contributed by atoms with E-state index in [1.54, 1.807) is 0 Å². The van der Waals surface area contributed by atoms with Crippen molar-refractivity contribution in [1.29, 1.82) is 0 Å². The highest BCUT2D eigenvalue weighted by atomic mass is 16.3. The number of hydrogen-bond donors (Lipinski definition) is 0. The summed E-state index contributed by atoms with van der Waals surface area (Å²) in [5.74, 6) is 0.522. The lowest BCUT2D eigenvalue weighted by molar-refractivity contribution is 0.558. The molecule has 11 heavy (non-hydrogen) atoms. The zero-order chi connectivity index (χ0) is 7.52. The van der Waals surface area contributed by atoms with E-state index >= 15 is 0 Å². The van der Waals surface area contributed by atoms with Crippen LogP contribution < -0.4 is 0 Å². The van der Waals surface area contributed by atoms with Crippen LogP contribution in [0.25, 0.3) is 11.5 Å². The first kappa shape index (κ1) is 5.96. The summed E-state index contributed by atoms with van der Waals surface area (Å²) in [6.07, 6.45) is 5.64. The van der Waals surface area contributed by atoms with Crippen LogP contribution in [0.3, 0.4) is 0 Å². The van der Waals surface area contributed by atoms with Crippen molar-refractivity contribution >= 4 is 0 Å². The summed E-state index contributed by atoms with van der Waals surface area (Å²) in [6.45, 7) is 0. The molecule has 54 valence electrons. The Bertz CT molecular complexity index is 318. The summed E-state index contributed by atoms with van der Waals surface area (Å²) in [4.78, 5) is 15.3. The molecular formula is C6H4N4O. The van der Waals surface area contributed by atoms with Crippen LogP contribution in [-0.4, -0.2) is 19.9 Å². The second-order valence-electron chi connectivity index (χ2n) is 1.84. The normalized spacial score (nSPS) is 9.82. The van der Waals surface area contributed by atoms with Gasteiger partial charge < -0.3 is 4.42 Å². The fourth-order valence-electron chi connectivity index (χ4n) is 0.694. The van der Waals surface area contributed by atoms with Crippen LogP contribution in [0.5, 0.6) is 0 Å². The molecular weight excluding hydrogens is 144 g/mol. The third kappa shape index (κ3) is 1.07. The Morgan fingerprint density at radius 1 is 1.09 bits per heavy atom. The molecule has 2 aromatic rings. The van der Waals surface area contributed by atoms with E-state index in [0.29, 0.717) is 11.5 Å². The lowest BCUT2D eigenvalue weighted by Gasteiger charge is -1.88. The van der Waals surface area contributed by atoms with Crippen LogP contribution in [0.4, 0.5) is 0 Å². The van der Waals surface area contributed by atoms with Crippen LogP contribution in [0, 0.1) is 0 Å². The monoisotopic (exact) mass is 148 g/mol. The quantitative estimate of drug-likeness (QED) is 0.590. The fraction of sp³-hybridized carbons (Fsp3) is 0. The first-order valence-corrected chi connectivity index (χ1v) is 2.97. The second-order valence-corrected chi connectivity index (χ2v) is 1.84. The topological polar surface area (TPSA) is 64.7 Å². The van der Waals surface area contributed by atoms with Crippen molar-refractivity contribution in [2.24, 2.45) is 0 Å². The van der Waals surface area contributed by atoms with E-state index in [1.807, 2.05) is 0 Å². The maximum absolute atomic E-state index is 4.76. The van der Waals surface area contributed by atoms with E-state index in [0.717, 1.165) is 0 Å². The zero-order valence-corrected chi connectivity index (χ0v) is 5.51.